The summed E-state index contributed by atoms with van der Waals surface area (Å²) in [6.07, 6.45) is 7.78. The Balaban J connectivity index is 1.17. The Kier molecular flexibility index (Phi) is 9.10. The van der Waals surface area contributed by atoms with E-state index in [1.807, 2.05) is 12.1 Å². The van der Waals surface area contributed by atoms with Crippen molar-refractivity contribution in [1.82, 2.24) is 19.9 Å². The molecule has 0 bridgehead atoms. The van der Waals surface area contributed by atoms with E-state index in [4.69, 9.17) is 9.47 Å². The van der Waals surface area contributed by atoms with Crippen molar-refractivity contribution in [1.29, 1.82) is 5.26 Å². The number of ether oxygens (including phenoxy) is 2. The number of pyridine rings is 1. The summed E-state index contributed by atoms with van der Waals surface area (Å²) in [4.78, 5) is 29.1. The lowest BCUT2D eigenvalue weighted by atomic mass is 10.00. The quantitative estimate of drug-likeness (QED) is 0.213. The SMILES string of the molecule is C=CC(=O)N1CCC(Nc2cc3c(Nc4ccc(Oc5ccnc(N6CCCC(C#N)C6)c5)cc4F)ncnc3cc2OC)CC1. The van der Waals surface area contributed by atoms with Crippen molar-refractivity contribution in [2.75, 3.05) is 48.8 Å². The van der Waals surface area contributed by atoms with E-state index in [1.165, 1.54) is 18.5 Å². The molecular weight excluding hydrogens is 587 g/mol. The molecule has 2 aromatic heterocycles. The van der Waals surface area contributed by atoms with Gasteiger partial charge in [-0.25, -0.2) is 19.3 Å². The standard InChI is InChI=1S/C34H35FN8O3/c1-3-33(44)42-13-9-23(10-14-42)40-30-17-26-29(18-31(30)45-2)38-21-39-34(26)41-28-7-6-24(15-27(28)35)46-25-8-11-37-32(16-25)43-12-4-5-22(19-36)20-43/h3,6-8,11,15-18,21-23,40H,1,4-5,9-10,12-14,20H2,2H3,(H,38,39,41). The number of nitrogens with one attached hydrogen (secondary N) is 2. The van der Waals surface area contributed by atoms with Crippen LogP contribution in [0.3, 0.4) is 0 Å². The summed E-state index contributed by atoms with van der Waals surface area (Å²) in [7, 11) is 1.60. The molecule has 1 unspecified atom stereocenters. The number of rotatable bonds is 9. The molecule has 0 spiro atoms. The number of aromatic nitrogens is 3. The van der Waals surface area contributed by atoms with Crippen molar-refractivity contribution in [2.45, 2.75) is 31.7 Å². The Bertz CT molecular complexity index is 1790. The van der Waals surface area contributed by atoms with Crippen LogP contribution in [0, 0.1) is 23.1 Å². The lowest BCUT2D eigenvalue weighted by Gasteiger charge is -2.32. The summed E-state index contributed by atoms with van der Waals surface area (Å²) in [5.74, 6) is 2.05. The van der Waals surface area contributed by atoms with Gasteiger partial charge in [-0.2, -0.15) is 5.26 Å². The summed E-state index contributed by atoms with van der Waals surface area (Å²) >= 11 is 0. The number of hydrogen-bond donors (Lipinski definition) is 2. The van der Waals surface area contributed by atoms with Gasteiger partial charge in [-0.3, -0.25) is 4.79 Å². The molecule has 0 aliphatic carbocycles. The number of piperidine rings is 2. The highest BCUT2D eigenvalue weighted by Gasteiger charge is 2.23. The number of fused-ring (bicyclic) bond motifs is 1. The fraction of sp³-hybridized carbons (Fsp3) is 0.324. The van der Waals surface area contributed by atoms with Crippen molar-refractivity contribution >= 4 is 39.8 Å². The van der Waals surface area contributed by atoms with Crippen LogP contribution in [0.5, 0.6) is 17.2 Å². The number of carbonyl (C=O) groups is 1. The van der Waals surface area contributed by atoms with Crippen molar-refractivity contribution in [3.63, 3.8) is 0 Å². The third-order valence-corrected chi connectivity index (χ3v) is 8.37. The first-order valence-electron chi connectivity index (χ1n) is 15.3. The van der Waals surface area contributed by atoms with Crippen molar-refractivity contribution < 1.29 is 18.7 Å². The molecule has 2 saturated heterocycles. The predicted molar refractivity (Wildman–Crippen MR) is 174 cm³/mol. The van der Waals surface area contributed by atoms with Crippen LogP contribution in [0.2, 0.25) is 0 Å². The highest BCUT2D eigenvalue weighted by atomic mass is 19.1. The second-order valence-corrected chi connectivity index (χ2v) is 11.4. The first kappa shape index (κ1) is 30.6. The van der Waals surface area contributed by atoms with Gasteiger partial charge in [0.1, 0.15) is 41.0 Å². The highest BCUT2D eigenvalue weighted by Crippen LogP contribution is 2.35. The minimum atomic E-state index is -0.515. The normalized spacial score (nSPS) is 16.8. The smallest absolute Gasteiger partial charge is 0.245 e. The highest BCUT2D eigenvalue weighted by molar-refractivity contribution is 5.95. The number of hydrogen-bond acceptors (Lipinski definition) is 10. The number of amides is 1. The molecule has 2 aliphatic rings. The molecule has 236 valence electrons. The van der Waals surface area contributed by atoms with Gasteiger partial charge in [0, 0.05) is 62.0 Å². The molecule has 4 aromatic rings. The van der Waals surface area contributed by atoms with Crippen LogP contribution >= 0.6 is 0 Å². The van der Waals surface area contributed by atoms with Crippen LogP contribution in [0.4, 0.5) is 27.4 Å². The molecule has 4 heterocycles. The van der Waals surface area contributed by atoms with Gasteiger partial charge in [0.25, 0.3) is 0 Å². The van der Waals surface area contributed by atoms with Crippen molar-refractivity contribution in [3.05, 3.63) is 73.5 Å². The zero-order valence-corrected chi connectivity index (χ0v) is 25.6. The minimum Gasteiger partial charge on any atom is -0.495 e. The summed E-state index contributed by atoms with van der Waals surface area (Å²) in [6, 6.07) is 14.3. The number of halogens is 1. The lowest BCUT2D eigenvalue weighted by molar-refractivity contribution is -0.126. The van der Waals surface area contributed by atoms with Gasteiger partial charge in [-0.05, 0) is 56.0 Å². The maximum atomic E-state index is 15.4. The van der Waals surface area contributed by atoms with Crippen molar-refractivity contribution in [2.24, 2.45) is 5.92 Å². The largest absolute Gasteiger partial charge is 0.495 e. The van der Waals surface area contributed by atoms with E-state index < -0.39 is 5.82 Å². The molecule has 11 nitrogen and oxygen atoms in total. The van der Waals surface area contributed by atoms with Crippen LogP contribution in [0.1, 0.15) is 25.7 Å². The summed E-state index contributed by atoms with van der Waals surface area (Å²) in [6.45, 7) is 6.30. The van der Waals surface area contributed by atoms with Gasteiger partial charge in [-0.1, -0.05) is 6.58 Å². The summed E-state index contributed by atoms with van der Waals surface area (Å²) < 4.78 is 27.0. The Morgan fingerprint density at radius 1 is 1.07 bits per heavy atom. The minimum absolute atomic E-state index is 0.0231. The Hall–Kier alpha value is -5.44. The topological polar surface area (TPSA) is 129 Å². The van der Waals surface area contributed by atoms with Gasteiger partial charge in [-0.15, -0.1) is 0 Å². The molecule has 0 saturated carbocycles. The van der Waals surface area contributed by atoms with E-state index in [2.05, 4.69) is 43.1 Å². The molecule has 2 aromatic carbocycles. The van der Waals surface area contributed by atoms with E-state index in [0.29, 0.717) is 53.6 Å². The molecule has 2 N–H and O–H groups in total. The fourth-order valence-corrected chi connectivity index (χ4v) is 5.91. The molecular formula is C34H35FN8O3. The van der Waals surface area contributed by atoms with E-state index in [1.54, 1.807) is 42.5 Å². The number of nitrogens with zero attached hydrogens (tertiary/aromatic N) is 6. The van der Waals surface area contributed by atoms with Crippen molar-refractivity contribution in [3.8, 4) is 23.3 Å². The Morgan fingerprint density at radius 2 is 1.89 bits per heavy atom. The van der Waals surface area contributed by atoms with E-state index in [0.717, 1.165) is 43.7 Å². The molecule has 46 heavy (non-hydrogen) atoms. The Labute approximate surface area is 266 Å². The molecule has 0 radical (unpaired) electrons. The number of carbonyl (C=O) groups excluding carboxylic acids is 1. The van der Waals surface area contributed by atoms with Crippen LogP contribution in [0.25, 0.3) is 10.9 Å². The van der Waals surface area contributed by atoms with Gasteiger partial charge in [0.05, 0.1) is 36.0 Å². The number of anilines is 4. The Morgan fingerprint density at radius 3 is 2.65 bits per heavy atom. The first-order chi connectivity index (χ1) is 22.4. The predicted octanol–water partition coefficient (Wildman–Crippen LogP) is 6.04. The second kappa shape index (κ2) is 13.7. The maximum Gasteiger partial charge on any atom is 0.245 e. The molecule has 2 fully saturated rings. The first-order valence-corrected chi connectivity index (χ1v) is 15.3. The fourth-order valence-electron chi connectivity index (χ4n) is 5.91. The average Bonchev–Trinajstić information content (AvgIpc) is 3.09. The second-order valence-electron chi connectivity index (χ2n) is 11.4. The van der Waals surface area contributed by atoms with E-state index >= 15 is 4.39 Å². The zero-order valence-electron chi connectivity index (χ0n) is 25.6. The number of likely N-dealkylation sites (tertiary alicyclic amines) is 1. The number of benzene rings is 2. The molecule has 6 rings (SSSR count). The van der Waals surface area contributed by atoms with Gasteiger partial charge in [0.2, 0.25) is 5.91 Å². The van der Waals surface area contributed by atoms with Gasteiger partial charge >= 0.3 is 0 Å². The third-order valence-electron chi connectivity index (χ3n) is 8.37. The molecule has 2 aliphatic heterocycles. The van der Waals surface area contributed by atoms with Crippen LogP contribution < -0.4 is 25.0 Å². The van der Waals surface area contributed by atoms with E-state index in [-0.39, 0.29) is 23.6 Å². The third kappa shape index (κ3) is 6.78. The number of nitriles is 1. The summed E-state index contributed by atoms with van der Waals surface area (Å²) in [5.41, 5.74) is 1.62. The molecule has 12 heteroatoms. The summed E-state index contributed by atoms with van der Waals surface area (Å²) in [5, 5.41) is 16.7. The van der Waals surface area contributed by atoms with Crippen LogP contribution in [-0.2, 0) is 4.79 Å². The van der Waals surface area contributed by atoms with Gasteiger partial charge < -0.3 is 29.9 Å². The van der Waals surface area contributed by atoms with Crippen LogP contribution in [-0.4, -0.2) is 65.1 Å². The average molecular weight is 623 g/mol. The molecule has 1 amide bonds. The maximum absolute atomic E-state index is 15.4. The number of methoxy groups -OCH3 is 1. The zero-order chi connectivity index (χ0) is 32.0. The van der Waals surface area contributed by atoms with Crippen LogP contribution in [0.15, 0.2) is 67.6 Å². The van der Waals surface area contributed by atoms with Gasteiger partial charge in [0.15, 0.2) is 0 Å². The monoisotopic (exact) mass is 622 g/mol. The van der Waals surface area contributed by atoms with E-state index in [9.17, 15) is 10.1 Å². The molecule has 1 atom stereocenters. The lowest BCUT2D eigenvalue weighted by Crippen LogP contribution is -2.41.